The molecular weight excluding hydrogens is 383 g/mol. The van der Waals surface area contributed by atoms with E-state index in [9.17, 15) is 12.8 Å². The maximum Gasteiger partial charge on any atom is 0.243 e. The number of aromatic nitrogens is 3. The molecule has 2 aromatic carbocycles. The molecule has 0 radical (unpaired) electrons. The molecule has 1 aromatic heterocycles. The number of hydrogen-bond acceptors (Lipinski definition) is 5. The normalized spacial score (nSPS) is 17.7. The van der Waals surface area contributed by atoms with Crippen LogP contribution in [0.5, 0.6) is 5.75 Å². The Labute approximate surface area is 162 Å². The van der Waals surface area contributed by atoms with Crippen LogP contribution < -0.4 is 4.74 Å². The van der Waals surface area contributed by atoms with Crippen LogP contribution in [-0.4, -0.2) is 41.6 Å². The van der Waals surface area contributed by atoms with E-state index in [1.54, 1.807) is 24.3 Å². The zero-order valence-corrected chi connectivity index (χ0v) is 16.0. The molecule has 1 fully saturated rings. The lowest BCUT2D eigenvalue weighted by atomic mass is 10.2. The number of sulfonamides is 1. The fourth-order valence-electron chi connectivity index (χ4n) is 3.34. The van der Waals surface area contributed by atoms with Gasteiger partial charge in [-0.05, 0) is 61.4 Å². The SMILES string of the molecule is COc1ccc(S(=O)(=O)N2CCC[C@H]2c2nc(-c3ccc(F)cc3)n[nH]2)cc1. The van der Waals surface area contributed by atoms with E-state index in [-0.39, 0.29) is 10.7 Å². The van der Waals surface area contributed by atoms with Crippen molar-refractivity contribution in [2.45, 2.75) is 23.8 Å². The van der Waals surface area contributed by atoms with E-state index in [1.165, 1.54) is 35.7 Å². The first-order valence-corrected chi connectivity index (χ1v) is 10.3. The highest BCUT2D eigenvalue weighted by atomic mass is 32.2. The molecule has 1 atom stereocenters. The van der Waals surface area contributed by atoms with Gasteiger partial charge in [-0.25, -0.2) is 17.8 Å². The lowest BCUT2D eigenvalue weighted by Crippen LogP contribution is -2.31. The minimum atomic E-state index is -3.68. The average molecular weight is 402 g/mol. The van der Waals surface area contributed by atoms with Gasteiger partial charge >= 0.3 is 0 Å². The number of halogens is 1. The summed E-state index contributed by atoms with van der Waals surface area (Å²) in [4.78, 5) is 4.67. The molecule has 4 rings (SSSR count). The van der Waals surface area contributed by atoms with Crippen molar-refractivity contribution in [3.8, 4) is 17.1 Å². The third-order valence-corrected chi connectivity index (χ3v) is 6.71. The molecule has 0 spiro atoms. The quantitative estimate of drug-likeness (QED) is 0.708. The first-order chi connectivity index (χ1) is 13.5. The first kappa shape index (κ1) is 18.6. The molecule has 0 unspecified atom stereocenters. The second-order valence-electron chi connectivity index (χ2n) is 6.50. The fraction of sp³-hybridized carbons (Fsp3) is 0.263. The summed E-state index contributed by atoms with van der Waals surface area (Å²) in [6.45, 7) is 0.408. The Morgan fingerprint density at radius 1 is 1.14 bits per heavy atom. The molecule has 1 saturated heterocycles. The number of hydrogen-bond donors (Lipinski definition) is 1. The molecule has 0 amide bonds. The standard InChI is InChI=1S/C19H19FN4O3S/c1-27-15-8-10-16(11-9-15)28(25,26)24-12-2-3-17(24)19-21-18(22-23-19)13-4-6-14(20)7-5-13/h4-11,17H,2-3,12H2,1H3,(H,21,22,23)/t17-/m0/s1. The van der Waals surface area contributed by atoms with E-state index >= 15 is 0 Å². The Kier molecular flexibility index (Phi) is 4.86. The van der Waals surface area contributed by atoms with Crippen LogP contribution in [0.1, 0.15) is 24.7 Å². The van der Waals surface area contributed by atoms with Crippen LogP contribution >= 0.6 is 0 Å². The van der Waals surface area contributed by atoms with Gasteiger partial charge in [0, 0.05) is 12.1 Å². The number of methoxy groups -OCH3 is 1. The minimum Gasteiger partial charge on any atom is -0.497 e. The van der Waals surface area contributed by atoms with Gasteiger partial charge in [-0.1, -0.05) is 0 Å². The number of H-pyrrole nitrogens is 1. The molecule has 9 heteroatoms. The first-order valence-electron chi connectivity index (χ1n) is 8.83. The third kappa shape index (κ3) is 3.38. The molecule has 2 heterocycles. The molecule has 146 valence electrons. The van der Waals surface area contributed by atoms with Gasteiger partial charge in [0.2, 0.25) is 10.0 Å². The van der Waals surface area contributed by atoms with Crippen molar-refractivity contribution < 1.29 is 17.5 Å². The van der Waals surface area contributed by atoms with Crippen molar-refractivity contribution >= 4 is 10.0 Å². The van der Waals surface area contributed by atoms with Crippen molar-refractivity contribution in [1.82, 2.24) is 19.5 Å². The van der Waals surface area contributed by atoms with Gasteiger partial charge in [0.15, 0.2) is 5.82 Å². The fourth-order valence-corrected chi connectivity index (χ4v) is 5.00. The van der Waals surface area contributed by atoms with E-state index < -0.39 is 16.1 Å². The zero-order chi connectivity index (χ0) is 19.7. The van der Waals surface area contributed by atoms with Crippen molar-refractivity contribution in [3.05, 3.63) is 60.2 Å². The van der Waals surface area contributed by atoms with Crippen molar-refractivity contribution in [2.24, 2.45) is 0 Å². The van der Waals surface area contributed by atoms with Gasteiger partial charge in [-0.3, -0.25) is 5.10 Å². The number of ether oxygens (including phenoxy) is 1. The summed E-state index contributed by atoms with van der Waals surface area (Å²) in [5.41, 5.74) is 0.659. The van der Waals surface area contributed by atoms with Crippen LogP contribution in [0.3, 0.4) is 0 Å². The molecule has 7 nitrogen and oxygen atoms in total. The highest BCUT2D eigenvalue weighted by Gasteiger charge is 2.38. The van der Waals surface area contributed by atoms with Gasteiger partial charge in [-0.2, -0.15) is 9.40 Å². The van der Waals surface area contributed by atoms with Gasteiger partial charge in [-0.15, -0.1) is 0 Å². The van der Waals surface area contributed by atoms with Gasteiger partial charge in [0.25, 0.3) is 0 Å². The summed E-state index contributed by atoms with van der Waals surface area (Å²) in [7, 11) is -2.15. The molecule has 1 N–H and O–H groups in total. The van der Waals surface area contributed by atoms with Crippen LogP contribution in [0.4, 0.5) is 4.39 Å². The highest BCUT2D eigenvalue weighted by Crippen LogP contribution is 2.35. The summed E-state index contributed by atoms with van der Waals surface area (Å²) in [6.07, 6.45) is 1.38. The summed E-state index contributed by atoms with van der Waals surface area (Å²) < 4.78 is 45.9. The van der Waals surface area contributed by atoms with E-state index in [2.05, 4.69) is 15.2 Å². The summed E-state index contributed by atoms with van der Waals surface area (Å²) in [6, 6.07) is 11.7. The minimum absolute atomic E-state index is 0.207. The molecule has 1 aliphatic rings. The van der Waals surface area contributed by atoms with Crippen LogP contribution in [0.15, 0.2) is 53.4 Å². The monoisotopic (exact) mass is 402 g/mol. The van der Waals surface area contributed by atoms with Crippen LogP contribution in [-0.2, 0) is 10.0 Å². The Morgan fingerprint density at radius 2 is 1.86 bits per heavy atom. The third-order valence-electron chi connectivity index (χ3n) is 4.79. The van der Waals surface area contributed by atoms with Gasteiger partial charge < -0.3 is 4.74 Å². The topological polar surface area (TPSA) is 88.2 Å². The predicted octanol–water partition coefficient (Wildman–Crippen LogP) is 3.15. The number of benzene rings is 2. The largest absolute Gasteiger partial charge is 0.497 e. The second kappa shape index (κ2) is 7.33. The highest BCUT2D eigenvalue weighted by molar-refractivity contribution is 7.89. The molecule has 3 aromatic rings. The molecule has 0 aliphatic carbocycles. The van der Waals surface area contributed by atoms with Crippen molar-refractivity contribution in [3.63, 3.8) is 0 Å². The van der Waals surface area contributed by atoms with Gasteiger partial charge in [0.1, 0.15) is 17.4 Å². The lowest BCUT2D eigenvalue weighted by Gasteiger charge is -2.22. The van der Waals surface area contributed by atoms with Gasteiger partial charge in [0.05, 0.1) is 18.0 Å². The Hall–Kier alpha value is -2.78. The molecular formula is C19H19FN4O3S. The van der Waals surface area contributed by atoms with Crippen LogP contribution in [0, 0.1) is 5.82 Å². The van der Waals surface area contributed by atoms with Crippen molar-refractivity contribution in [2.75, 3.05) is 13.7 Å². The maximum atomic E-state index is 13.1. The number of aromatic amines is 1. The molecule has 0 saturated carbocycles. The second-order valence-corrected chi connectivity index (χ2v) is 8.39. The molecule has 1 aliphatic heterocycles. The Morgan fingerprint density at radius 3 is 2.54 bits per heavy atom. The van der Waals surface area contributed by atoms with E-state index in [4.69, 9.17) is 4.74 Å². The zero-order valence-electron chi connectivity index (χ0n) is 15.2. The number of nitrogens with zero attached hydrogens (tertiary/aromatic N) is 3. The summed E-state index contributed by atoms with van der Waals surface area (Å²) in [5, 5.41) is 7.03. The molecule has 0 bridgehead atoms. The smallest absolute Gasteiger partial charge is 0.243 e. The van der Waals surface area contributed by atoms with Crippen LogP contribution in [0.25, 0.3) is 11.4 Å². The number of nitrogens with one attached hydrogen (secondary N) is 1. The van der Waals surface area contributed by atoms with E-state index in [1.807, 2.05) is 0 Å². The summed E-state index contributed by atoms with van der Waals surface area (Å²) in [5.74, 6) is 1.14. The van der Waals surface area contributed by atoms with E-state index in [0.717, 1.165) is 6.42 Å². The maximum absolute atomic E-state index is 13.1. The number of rotatable bonds is 5. The molecule has 28 heavy (non-hydrogen) atoms. The van der Waals surface area contributed by atoms with E-state index in [0.29, 0.717) is 35.9 Å². The Bertz CT molecular complexity index is 1070. The average Bonchev–Trinajstić information content (AvgIpc) is 3.38. The lowest BCUT2D eigenvalue weighted by molar-refractivity contribution is 0.384. The van der Waals surface area contributed by atoms with Crippen LogP contribution in [0.2, 0.25) is 0 Å². The summed E-state index contributed by atoms with van der Waals surface area (Å²) >= 11 is 0. The predicted molar refractivity (Wildman–Crippen MR) is 101 cm³/mol. The van der Waals surface area contributed by atoms with Crippen molar-refractivity contribution in [1.29, 1.82) is 0 Å². The Balaban J connectivity index is 1.62.